The minimum Gasteiger partial charge on any atom is -0.207 e. The number of nitrogens with zero attached hydrogens (tertiary/aromatic N) is 2. The smallest absolute Gasteiger partial charge is 0.126 e. The van der Waals surface area contributed by atoms with Gasteiger partial charge in [0.2, 0.25) is 0 Å². The van der Waals surface area contributed by atoms with Crippen LogP contribution in [0.3, 0.4) is 0 Å². The Bertz CT molecular complexity index is 2030. The van der Waals surface area contributed by atoms with E-state index in [2.05, 4.69) is 33.0 Å². The average molecular weight is 637 g/mol. The molecule has 5 aromatic heterocycles. The number of benzene rings is 3. The van der Waals surface area contributed by atoms with Crippen LogP contribution in [0.2, 0.25) is 0 Å². The Labute approximate surface area is 249 Å². The second-order valence-electron chi connectivity index (χ2n) is 9.34. The number of hydrogen-bond donors (Lipinski definition) is 0. The Morgan fingerprint density at radius 3 is 1.15 bits per heavy atom. The topological polar surface area (TPSA) is 25.8 Å². The molecule has 5 heterocycles. The summed E-state index contributed by atoms with van der Waals surface area (Å²) in [6.45, 7) is 0. The van der Waals surface area contributed by atoms with E-state index >= 15 is 0 Å². The fourth-order valence-electron chi connectivity index (χ4n) is 4.88. The van der Waals surface area contributed by atoms with Crippen molar-refractivity contribution in [1.29, 1.82) is 0 Å². The molecule has 200 valence electrons. The molecule has 0 radical (unpaired) electrons. The summed E-state index contributed by atoms with van der Waals surface area (Å²) in [5.41, 5.74) is 4.66. The molecule has 0 aliphatic rings. The summed E-state index contributed by atoms with van der Waals surface area (Å²) in [7, 11) is 0. The van der Waals surface area contributed by atoms with Gasteiger partial charge in [-0.1, -0.05) is 12.1 Å². The average Bonchev–Trinajstić information content (AvgIpc) is 3.72. The van der Waals surface area contributed by atoms with Crippen LogP contribution in [0.4, 0.5) is 17.6 Å². The predicted octanol–water partition coefficient (Wildman–Crippen LogP) is 11.5. The maximum absolute atomic E-state index is 13.7. The van der Waals surface area contributed by atoms with Crippen LogP contribution in [0.25, 0.3) is 71.6 Å². The standard InChI is InChI=1S/C30H12F4N2S5/c31-15-3-13(4-16(32)7-15)21-9-25-27(37-21)11-23(39-25)19-1-2-20(30-29(19)35-41-36-30)24-12-28-26(40-24)10-22(38-28)14-5-17(33)8-18(34)6-14/h1-12H. The van der Waals surface area contributed by atoms with Crippen LogP contribution >= 0.6 is 57.1 Å². The first kappa shape index (κ1) is 25.2. The largest absolute Gasteiger partial charge is 0.207 e. The maximum atomic E-state index is 13.7. The highest BCUT2D eigenvalue weighted by atomic mass is 32.1. The van der Waals surface area contributed by atoms with Gasteiger partial charge in [0.15, 0.2) is 0 Å². The lowest BCUT2D eigenvalue weighted by atomic mass is 10.1. The van der Waals surface area contributed by atoms with Crippen molar-refractivity contribution in [2.24, 2.45) is 0 Å². The molecule has 8 rings (SSSR count). The molecule has 0 amide bonds. The van der Waals surface area contributed by atoms with Crippen LogP contribution in [-0.2, 0) is 0 Å². The van der Waals surface area contributed by atoms with Crippen LogP contribution in [0.5, 0.6) is 0 Å². The molecule has 0 saturated carbocycles. The fourth-order valence-corrected chi connectivity index (χ4v) is 10.3. The monoisotopic (exact) mass is 636 g/mol. The van der Waals surface area contributed by atoms with E-state index in [1.165, 1.54) is 58.7 Å². The highest BCUT2D eigenvalue weighted by Gasteiger charge is 2.19. The first-order valence-corrected chi connectivity index (χ1v) is 16.1. The SMILES string of the molecule is Fc1cc(F)cc(-c2cc3sc(-c4ccc(-c5cc6sc(-c7cc(F)cc(F)c7)cc6s5)c5nsnc45)cc3s2)c1. The van der Waals surface area contributed by atoms with Crippen LogP contribution in [0, 0.1) is 23.3 Å². The number of hydrogen-bond acceptors (Lipinski definition) is 7. The summed E-state index contributed by atoms with van der Waals surface area (Å²) in [4.78, 5) is 3.73. The van der Waals surface area contributed by atoms with E-state index in [9.17, 15) is 17.6 Å². The second-order valence-corrected chi connectivity index (χ2v) is 14.2. The van der Waals surface area contributed by atoms with Gasteiger partial charge in [-0.05, 0) is 59.7 Å². The maximum Gasteiger partial charge on any atom is 0.126 e. The number of rotatable bonds is 4. The van der Waals surface area contributed by atoms with E-state index in [4.69, 9.17) is 0 Å². The van der Waals surface area contributed by atoms with Crippen molar-refractivity contribution in [3.05, 3.63) is 96.1 Å². The molecule has 0 aliphatic carbocycles. The second kappa shape index (κ2) is 9.53. The Hall–Kier alpha value is -3.48. The zero-order valence-corrected chi connectivity index (χ0v) is 24.5. The number of aromatic nitrogens is 2. The predicted molar refractivity (Wildman–Crippen MR) is 166 cm³/mol. The highest BCUT2D eigenvalue weighted by Crippen LogP contribution is 2.47. The third-order valence-electron chi connectivity index (χ3n) is 6.65. The number of fused-ring (bicyclic) bond motifs is 3. The quantitative estimate of drug-likeness (QED) is 0.180. The van der Waals surface area contributed by atoms with E-state index in [1.54, 1.807) is 22.7 Å². The molecule has 0 unspecified atom stereocenters. The van der Waals surface area contributed by atoms with E-state index in [0.29, 0.717) is 11.1 Å². The first-order valence-electron chi connectivity index (χ1n) is 12.1. The van der Waals surface area contributed by atoms with Crippen molar-refractivity contribution in [1.82, 2.24) is 8.75 Å². The van der Waals surface area contributed by atoms with Crippen molar-refractivity contribution in [3.63, 3.8) is 0 Å². The molecule has 3 aromatic carbocycles. The van der Waals surface area contributed by atoms with Gasteiger partial charge in [-0.15, -0.1) is 45.3 Å². The van der Waals surface area contributed by atoms with Gasteiger partial charge >= 0.3 is 0 Å². The van der Waals surface area contributed by atoms with Crippen molar-refractivity contribution in [3.8, 4) is 41.8 Å². The Kier molecular flexibility index (Phi) is 5.87. The molecule has 0 saturated heterocycles. The molecule has 8 aromatic rings. The lowest BCUT2D eigenvalue weighted by molar-refractivity contribution is 0.583. The van der Waals surface area contributed by atoms with Gasteiger partial charge in [0, 0.05) is 61.6 Å². The summed E-state index contributed by atoms with van der Waals surface area (Å²) < 4.78 is 68.4. The first-order chi connectivity index (χ1) is 19.9. The Morgan fingerprint density at radius 2 is 0.756 bits per heavy atom. The van der Waals surface area contributed by atoms with E-state index in [1.807, 2.05) is 12.1 Å². The van der Waals surface area contributed by atoms with Crippen molar-refractivity contribution in [2.45, 2.75) is 0 Å². The van der Waals surface area contributed by atoms with Crippen LogP contribution in [0.1, 0.15) is 0 Å². The molecule has 0 atom stereocenters. The molecule has 41 heavy (non-hydrogen) atoms. The van der Waals surface area contributed by atoms with Gasteiger partial charge < -0.3 is 0 Å². The molecular weight excluding hydrogens is 625 g/mol. The molecule has 0 aliphatic heterocycles. The Balaban J connectivity index is 1.15. The van der Waals surface area contributed by atoms with Crippen molar-refractivity contribution < 1.29 is 17.6 Å². The molecule has 0 bridgehead atoms. The number of thiophene rings is 4. The summed E-state index contributed by atoms with van der Waals surface area (Å²) in [5, 5.41) is 0. The molecular formula is C30H12F4N2S5. The summed E-state index contributed by atoms with van der Waals surface area (Å²) in [6.07, 6.45) is 0. The van der Waals surface area contributed by atoms with Crippen LogP contribution < -0.4 is 0 Å². The van der Waals surface area contributed by atoms with Gasteiger partial charge in [-0.25, -0.2) is 17.6 Å². The zero-order valence-electron chi connectivity index (χ0n) is 20.4. The van der Waals surface area contributed by atoms with Crippen LogP contribution in [-0.4, -0.2) is 8.75 Å². The zero-order chi connectivity index (χ0) is 27.8. The van der Waals surface area contributed by atoms with E-state index < -0.39 is 23.3 Å². The molecule has 0 fully saturated rings. The highest BCUT2D eigenvalue weighted by molar-refractivity contribution is 7.31. The minimum atomic E-state index is -0.594. The third-order valence-corrected chi connectivity index (χ3v) is 11.9. The summed E-state index contributed by atoms with van der Waals surface area (Å²) in [6, 6.07) is 19.4. The molecule has 2 nitrogen and oxygen atoms in total. The lowest BCUT2D eigenvalue weighted by Gasteiger charge is -2.03. The molecule has 0 spiro atoms. The van der Waals surface area contributed by atoms with Gasteiger partial charge in [-0.2, -0.15) is 8.75 Å². The summed E-state index contributed by atoms with van der Waals surface area (Å²) >= 11 is 7.39. The fraction of sp³-hybridized carbons (Fsp3) is 0. The number of halogens is 4. The molecule has 0 N–H and O–H groups in total. The van der Waals surface area contributed by atoms with Gasteiger partial charge in [0.05, 0.1) is 11.7 Å². The summed E-state index contributed by atoms with van der Waals surface area (Å²) in [5.74, 6) is -2.37. The third kappa shape index (κ3) is 4.39. The van der Waals surface area contributed by atoms with Gasteiger partial charge in [0.1, 0.15) is 34.3 Å². The van der Waals surface area contributed by atoms with Crippen molar-refractivity contribution >= 4 is 86.9 Å². The minimum absolute atomic E-state index is 0.527. The Morgan fingerprint density at radius 1 is 0.415 bits per heavy atom. The van der Waals surface area contributed by atoms with Gasteiger partial charge in [-0.3, -0.25) is 0 Å². The van der Waals surface area contributed by atoms with E-state index in [-0.39, 0.29) is 0 Å². The van der Waals surface area contributed by atoms with Crippen molar-refractivity contribution in [2.75, 3.05) is 0 Å². The normalized spacial score (nSPS) is 11.9. The van der Waals surface area contributed by atoms with Gasteiger partial charge in [0.25, 0.3) is 0 Å². The van der Waals surface area contributed by atoms with Crippen LogP contribution in [0.15, 0.2) is 72.8 Å². The van der Waals surface area contributed by atoms with E-state index in [0.717, 1.165) is 72.6 Å². The molecule has 11 heteroatoms. The lowest BCUT2D eigenvalue weighted by Crippen LogP contribution is -1.82.